The number of H-pyrrole nitrogens is 1. The van der Waals surface area contributed by atoms with E-state index in [9.17, 15) is 9.59 Å². The summed E-state index contributed by atoms with van der Waals surface area (Å²) in [5, 5.41) is 9.22. The second-order valence-corrected chi connectivity index (χ2v) is 7.75. The summed E-state index contributed by atoms with van der Waals surface area (Å²) in [6, 6.07) is 11.6. The number of aromatic nitrogens is 3. The van der Waals surface area contributed by atoms with Crippen molar-refractivity contribution >= 4 is 17.6 Å². The van der Waals surface area contributed by atoms with Crippen LogP contribution in [0.25, 0.3) is 0 Å². The fourth-order valence-corrected chi connectivity index (χ4v) is 3.38. The van der Waals surface area contributed by atoms with Crippen LogP contribution in [0.1, 0.15) is 47.4 Å². The normalized spacial score (nSPS) is 13.3. The van der Waals surface area contributed by atoms with Gasteiger partial charge in [0, 0.05) is 36.9 Å². The van der Waals surface area contributed by atoms with Gasteiger partial charge in [0.1, 0.15) is 11.6 Å². The van der Waals surface area contributed by atoms with Crippen molar-refractivity contribution < 1.29 is 19.1 Å². The molecule has 0 saturated carbocycles. The molecule has 0 radical (unpaired) electrons. The van der Waals surface area contributed by atoms with E-state index < -0.39 is 0 Å². The maximum Gasteiger partial charge on any atom is 0.257 e. The van der Waals surface area contributed by atoms with E-state index in [1.165, 1.54) is 6.07 Å². The minimum Gasteiger partial charge on any atom is -0.475 e. The molecule has 1 aromatic carbocycles. The Hall–Kier alpha value is -3.88. The summed E-state index contributed by atoms with van der Waals surface area (Å²) in [6.07, 6.45) is 3.51. The molecule has 4 rings (SSSR count). The van der Waals surface area contributed by atoms with Gasteiger partial charge in [0.25, 0.3) is 11.8 Å². The maximum atomic E-state index is 12.7. The predicted molar refractivity (Wildman–Crippen MR) is 118 cm³/mol. The zero-order valence-corrected chi connectivity index (χ0v) is 18.0. The topological polar surface area (TPSA) is 109 Å². The van der Waals surface area contributed by atoms with E-state index in [-0.39, 0.29) is 29.7 Å². The number of pyridine rings is 1. The fraction of sp³-hybridized carbons (Fsp3) is 0.304. The molecule has 166 valence electrons. The SMILES string of the molecule is CC(C)Oc1cc(C(=O)Nc2ccn[nH]2)cc(Oc2ccc(C(=O)N3CCCC3)cc2)n1. The second kappa shape index (κ2) is 9.51. The van der Waals surface area contributed by atoms with Crippen molar-refractivity contribution in [3.63, 3.8) is 0 Å². The van der Waals surface area contributed by atoms with Gasteiger partial charge >= 0.3 is 0 Å². The first-order valence-electron chi connectivity index (χ1n) is 10.5. The first-order chi connectivity index (χ1) is 15.5. The lowest BCUT2D eigenvalue weighted by Gasteiger charge is -2.15. The third kappa shape index (κ3) is 5.23. The summed E-state index contributed by atoms with van der Waals surface area (Å²) in [7, 11) is 0. The van der Waals surface area contributed by atoms with Crippen LogP contribution in [0.15, 0.2) is 48.7 Å². The molecule has 0 spiro atoms. The molecule has 0 bridgehead atoms. The average Bonchev–Trinajstić information content (AvgIpc) is 3.47. The van der Waals surface area contributed by atoms with E-state index in [0.717, 1.165) is 25.9 Å². The zero-order chi connectivity index (χ0) is 22.5. The van der Waals surface area contributed by atoms with Crippen molar-refractivity contribution in [1.29, 1.82) is 0 Å². The maximum absolute atomic E-state index is 12.7. The summed E-state index contributed by atoms with van der Waals surface area (Å²) < 4.78 is 11.6. The number of benzene rings is 1. The number of nitrogens with zero attached hydrogens (tertiary/aromatic N) is 3. The molecule has 0 unspecified atom stereocenters. The number of ether oxygens (including phenoxy) is 2. The summed E-state index contributed by atoms with van der Waals surface area (Å²) in [5.41, 5.74) is 0.935. The predicted octanol–water partition coefficient (Wildman–Crippen LogP) is 3.87. The van der Waals surface area contributed by atoms with Crippen LogP contribution in [0.5, 0.6) is 17.5 Å². The van der Waals surface area contributed by atoms with Gasteiger partial charge in [0.05, 0.1) is 17.9 Å². The minimum atomic E-state index is -0.360. The van der Waals surface area contributed by atoms with Gasteiger partial charge in [-0.3, -0.25) is 14.7 Å². The minimum absolute atomic E-state index is 0.0252. The number of carbonyl (C=O) groups excluding carboxylic acids is 2. The van der Waals surface area contributed by atoms with Gasteiger partial charge < -0.3 is 19.7 Å². The average molecular weight is 435 g/mol. The van der Waals surface area contributed by atoms with Crippen LogP contribution >= 0.6 is 0 Å². The Labute approximate surface area is 185 Å². The lowest BCUT2D eigenvalue weighted by atomic mass is 10.2. The van der Waals surface area contributed by atoms with Crippen molar-refractivity contribution in [3.05, 3.63) is 59.8 Å². The molecule has 1 saturated heterocycles. The van der Waals surface area contributed by atoms with Crippen LogP contribution in [0.4, 0.5) is 5.82 Å². The lowest BCUT2D eigenvalue weighted by Crippen LogP contribution is -2.27. The standard InChI is InChI=1S/C23H25N5O4/c1-15(2)31-20-13-17(22(29)25-19-9-10-24-27-19)14-21(26-20)32-18-7-5-16(6-8-18)23(30)28-11-3-4-12-28/h5-10,13-15H,3-4,11-12H2,1-2H3,(H2,24,25,27,29). The number of aromatic amines is 1. The Morgan fingerprint density at radius 1 is 1.03 bits per heavy atom. The Morgan fingerprint density at radius 3 is 2.41 bits per heavy atom. The highest BCUT2D eigenvalue weighted by molar-refractivity contribution is 6.04. The van der Waals surface area contributed by atoms with Crippen LogP contribution in [0, 0.1) is 0 Å². The summed E-state index contributed by atoms with van der Waals surface area (Å²) in [5.74, 6) is 1.11. The van der Waals surface area contributed by atoms with Crippen LogP contribution in [-0.4, -0.2) is 51.1 Å². The van der Waals surface area contributed by atoms with Crippen LogP contribution in [-0.2, 0) is 0 Å². The molecule has 0 atom stereocenters. The molecule has 3 heterocycles. The molecule has 0 aliphatic carbocycles. The third-order valence-electron chi connectivity index (χ3n) is 4.86. The Morgan fingerprint density at radius 2 is 1.75 bits per heavy atom. The number of hydrogen-bond donors (Lipinski definition) is 2. The fourth-order valence-electron chi connectivity index (χ4n) is 3.38. The highest BCUT2D eigenvalue weighted by Gasteiger charge is 2.19. The molecule has 9 nitrogen and oxygen atoms in total. The van der Waals surface area contributed by atoms with Gasteiger partial charge in [0.2, 0.25) is 11.8 Å². The second-order valence-electron chi connectivity index (χ2n) is 7.75. The van der Waals surface area contributed by atoms with Crippen LogP contribution in [0.2, 0.25) is 0 Å². The largest absolute Gasteiger partial charge is 0.475 e. The van der Waals surface area contributed by atoms with Gasteiger partial charge in [0.15, 0.2) is 0 Å². The van der Waals surface area contributed by atoms with Crippen molar-refractivity contribution in [2.45, 2.75) is 32.8 Å². The quantitative estimate of drug-likeness (QED) is 0.583. The number of hydrogen-bond acceptors (Lipinski definition) is 6. The molecular weight excluding hydrogens is 410 g/mol. The molecule has 1 aliphatic heterocycles. The third-order valence-corrected chi connectivity index (χ3v) is 4.86. The Balaban J connectivity index is 1.52. The summed E-state index contributed by atoms with van der Waals surface area (Å²) in [6.45, 7) is 5.34. The molecule has 1 aliphatic rings. The Bertz CT molecular complexity index is 1070. The van der Waals surface area contributed by atoms with Crippen molar-refractivity contribution in [2.75, 3.05) is 18.4 Å². The number of rotatable bonds is 7. The van der Waals surface area contributed by atoms with E-state index in [1.807, 2.05) is 18.7 Å². The molecule has 1 fully saturated rings. The number of anilines is 1. The number of amides is 2. The summed E-state index contributed by atoms with van der Waals surface area (Å²) in [4.78, 5) is 31.4. The molecule has 32 heavy (non-hydrogen) atoms. The van der Waals surface area contributed by atoms with E-state index in [1.54, 1.807) is 42.6 Å². The molecule has 2 N–H and O–H groups in total. The van der Waals surface area contributed by atoms with Gasteiger partial charge in [-0.1, -0.05) is 0 Å². The molecular formula is C23H25N5O4. The lowest BCUT2D eigenvalue weighted by molar-refractivity contribution is 0.0792. The molecule has 2 amide bonds. The number of likely N-dealkylation sites (tertiary alicyclic amines) is 1. The zero-order valence-electron chi connectivity index (χ0n) is 18.0. The highest BCUT2D eigenvalue weighted by Crippen LogP contribution is 2.26. The van der Waals surface area contributed by atoms with E-state index >= 15 is 0 Å². The highest BCUT2D eigenvalue weighted by atomic mass is 16.5. The van der Waals surface area contributed by atoms with E-state index in [2.05, 4.69) is 20.5 Å². The number of carbonyl (C=O) groups is 2. The van der Waals surface area contributed by atoms with Crippen LogP contribution < -0.4 is 14.8 Å². The van der Waals surface area contributed by atoms with Gasteiger partial charge in [-0.2, -0.15) is 10.1 Å². The van der Waals surface area contributed by atoms with Crippen molar-refractivity contribution in [2.24, 2.45) is 0 Å². The van der Waals surface area contributed by atoms with Crippen LogP contribution in [0.3, 0.4) is 0 Å². The Kier molecular flexibility index (Phi) is 6.34. The van der Waals surface area contributed by atoms with Gasteiger partial charge in [-0.25, -0.2) is 0 Å². The van der Waals surface area contributed by atoms with Gasteiger partial charge in [-0.15, -0.1) is 0 Å². The van der Waals surface area contributed by atoms with E-state index in [4.69, 9.17) is 9.47 Å². The molecule has 9 heteroatoms. The van der Waals surface area contributed by atoms with Crippen molar-refractivity contribution in [1.82, 2.24) is 20.1 Å². The first kappa shape index (κ1) is 21.4. The smallest absolute Gasteiger partial charge is 0.257 e. The number of nitrogens with one attached hydrogen (secondary N) is 2. The molecule has 2 aromatic heterocycles. The van der Waals surface area contributed by atoms with Gasteiger partial charge in [-0.05, 0) is 51.0 Å². The van der Waals surface area contributed by atoms with Crippen molar-refractivity contribution in [3.8, 4) is 17.5 Å². The van der Waals surface area contributed by atoms with E-state index in [0.29, 0.717) is 22.7 Å². The molecule has 3 aromatic rings. The summed E-state index contributed by atoms with van der Waals surface area (Å²) >= 11 is 0. The monoisotopic (exact) mass is 435 g/mol. The first-order valence-corrected chi connectivity index (χ1v) is 10.5.